The average molecular weight is 448 g/mol. The van der Waals surface area contributed by atoms with E-state index in [2.05, 4.69) is 0 Å². The molecule has 1 aromatic rings. The molecular formula is C25H37NO6. The van der Waals surface area contributed by atoms with E-state index >= 15 is 0 Å². The number of amides is 1. The number of benzene rings is 1. The zero-order valence-electron chi connectivity index (χ0n) is 20.3. The molecule has 5 atom stereocenters. The first-order valence-corrected chi connectivity index (χ1v) is 11.5. The lowest BCUT2D eigenvalue weighted by molar-refractivity contribution is -0.401. The van der Waals surface area contributed by atoms with Crippen LogP contribution in [0.25, 0.3) is 0 Å². The minimum Gasteiger partial charge on any atom is -0.444 e. The van der Waals surface area contributed by atoms with Crippen molar-refractivity contribution in [2.75, 3.05) is 13.7 Å². The highest BCUT2D eigenvalue weighted by atomic mass is 16.7. The van der Waals surface area contributed by atoms with Crippen LogP contribution in [-0.4, -0.2) is 64.5 Å². The Bertz CT molecular complexity index is 846. The summed E-state index contributed by atoms with van der Waals surface area (Å²) in [6, 6.07) is 9.55. The number of rotatable bonds is 3. The number of hydrogen-bond donors (Lipinski definition) is 1. The van der Waals surface area contributed by atoms with Gasteiger partial charge in [-0.25, -0.2) is 4.79 Å². The van der Waals surface area contributed by atoms with Gasteiger partial charge in [0.2, 0.25) is 0 Å². The predicted octanol–water partition coefficient (Wildman–Crippen LogP) is 4.04. The van der Waals surface area contributed by atoms with E-state index in [1.165, 1.54) is 0 Å². The quantitative estimate of drug-likeness (QED) is 0.753. The van der Waals surface area contributed by atoms with Gasteiger partial charge in [-0.15, -0.1) is 0 Å². The monoisotopic (exact) mass is 447 g/mol. The van der Waals surface area contributed by atoms with Crippen LogP contribution in [0.5, 0.6) is 0 Å². The van der Waals surface area contributed by atoms with E-state index in [1.54, 1.807) is 12.0 Å². The van der Waals surface area contributed by atoms with E-state index in [-0.39, 0.29) is 12.0 Å². The topological polar surface area (TPSA) is 77.5 Å². The van der Waals surface area contributed by atoms with Gasteiger partial charge in [-0.05, 0) is 59.9 Å². The molecule has 7 nitrogen and oxygen atoms in total. The lowest BCUT2D eigenvalue weighted by Gasteiger charge is -2.59. The lowest BCUT2D eigenvalue weighted by atomic mass is 9.75. The van der Waals surface area contributed by atoms with Crippen LogP contribution >= 0.6 is 0 Å². The molecule has 1 aliphatic carbocycles. The van der Waals surface area contributed by atoms with Crippen LogP contribution in [-0.2, 0) is 18.9 Å². The predicted molar refractivity (Wildman–Crippen MR) is 119 cm³/mol. The zero-order valence-corrected chi connectivity index (χ0v) is 20.3. The van der Waals surface area contributed by atoms with E-state index in [9.17, 15) is 9.90 Å². The number of fused-ring (bicyclic) bond motifs is 1. The molecule has 1 N–H and O–H groups in total. The summed E-state index contributed by atoms with van der Waals surface area (Å²) in [4.78, 5) is 15.1. The standard InChI is InChI=1S/C25H37NO6/c1-22(2,3)32-21(28)26-15-17-20(31-24(6,29-7)23(4,5)30-17)18(25(26)13-14-25)19(27)16-11-9-8-10-12-16/h8-12,17-20,27H,13-15H2,1-7H3/t17-,18-,19?,20+,24+/m1/s1. The van der Waals surface area contributed by atoms with Gasteiger partial charge in [0.05, 0.1) is 24.3 Å². The van der Waals surface area contributed by atoms with Gasteiger partial charge in [0.15, 0.2) is 5.79 Å². The van der Waals surface area contributed by atoms with Crippen molar-refractivity contribution in [2.45, 2.75) is 95.2 Å². The van der Waals surface area contributed by atoms with E-state index in [0.29, 0.717) is 6.54 Å². The van der Waals surface area contributed by atoms with Gasteiger partial charge in [-0.3, -0.25) is 4.90 Å². The van der Waals surface area contributed by atoms with Crippen molar-refractivity contribution in [2.24, 2.45) is 5.92 Å². The SMILES string of the molecule is CO[C@@]1(C)O[C@@H]2[C@@H](C(O)c3ccccc3)C3(CC3)N(C(=O)OC(C)(C)C)C[C@H]2OC1(C)C. The van der Waals surface area contributed by atoms with Crippen molar-refractivity contribution in [1.82, 2.24) is 4.90 Å². The maximum Gasteiger partial charge on any atom is 0.410 e. The van der Waals surface area contributed by atoms with Crippen molar-refractivity contribution in [3.8, 4) is 0 Å². The summed E-state index contributed by atoms with van der Waals surface area (Å²) in [5, 5.41) is 11.6. The molecule has 3 fully saturated rings. The van der Waals surface area contributed by atoms with Crippen LogP contribution in [0.3, 0.4) is 0 Å². The molecule has 1 aromatic carbocycles. The van der Waals surface area contributed by atoms with Crippen LogP contribution in [0.1, 0.15) is 66.1 Å². The fraction of sp³-hybridized carbons (Fsp3) is 0.720. The molecule has 1 spiro atoms. The Hall–Kier alpha value is -1.67. The number of nitrogens with zero attached hydrogens (tertiary/aromatic N) is 1. The number of carbonyl (C=O) groups is 1. The Morgan fingerprint density at radius 2 is 1.78 bits per heavy atom. The second-order valence-corrected chi connectivity index (χ2v) is 11.0. The maximum atomic E-state index is 13.3. The zero-order chi connectivity index (χ0) is 23.5. The van der Waals surface area contributed by atoms with Gasteiger partial charge in [0, 0.05) is 13.0 Å². The van der Waals surface area contributed by atoms with Crippen molar-refractivity contribution >= 4 is 6.09 Å². The Morgan fingerprint density at radius 3 is 2.31 bits per heavy atom. The molecule has 1 saturated carbocycles. The molecule has 0 aromatic heterocycles. The largest absolute Gasteiger partial charge is 0.444 e. The summed E-state index contributed by atoms with van der Waals surface area (Å²) in [6.45, 7) is 11.7. The van der Waals surface area contributed by atoms with Gasteiger partial charge < -0.3 is 24.1 Å². The van der Waals surface area contributed by atoms with Gasteiger partial charge >= 0.3 is 6.09 Å². The van der Waals surface area contributed by atoms with Gasteiger partial charge in [0.25, 0.3) is 0 Å². The minimum atomic E-state index is -0.993. The molecule has 1 amide bonds. The second kappa shape index (κ2) is 7.69. The normalized spacial score (nSPS) is 34.0. The first kappa shape index (κ1) is 23.5. The highest BCUT2D eigenvalue weighted by Crippen LogP contribution is 2.59. The van der Waals surface area contributed by atoms with Crippen molar-refractivity contribution < 1.29 is 28.8 Å². The number of methoxy groups -OCH3 is 1. The third-order valence-electron chi connectivity index (χ3n) is 7.39. The number of aliphatic hydroxyl groups is 1. The van der Waals surface area contributed by atoms with Crippen molar-refractivity contribution in [1.29, 1.82) is 0 Å². The molecule has 2 heterocycles. The van der Waals surface area contributed by atoms with Gasteiger partial charge in [0.1, 0.15) is 17.3 Å². The second-order valence-electron chi connectivity index (χ2n) is 11.0. The van der Waals surface area contributed by atoms with E-state index in [0.717, 1.165) is 18.4 Å². The number of aliphatic hydroxyl groups excluding tert-OH is 1. The summed E-state index contributed by atoms with van der Waals surface area (Å²) in [5.41, 5.74) is -1.12. The molecule has 2 aliphatic heterocycles. The number of hydrogen-bond acceptors (Lipinski definition) is 6. The Balaban J connectivity index is 1.75. The van der Waals surface area contributed by atoms with Gasteiger partial charge in [-0.1, -0.05) is 30.3 Å². The summed E-state index contributed by atoms with van der Waals surface area (Å²) in [5.74, 6) is -1.38. The summed E-state index contributed by atoms with van der Waals surface area (Å²) < 4.78 is 24.7. The molecule has 0 radical (unpaired) electrons. The first-order chi connectivity index (χ1) is 14.8. The molecule has 1 unspecified atom stereocenters. The van der Waals surface area contributed by atoms with Gasteiger partial charge in [-0.2, -0.15) is 0 Å². The molecule has 7 heteroatoms. The molecule has 178 valence electrons. The fourth-order valence-corrected chi connectivity index (χ4v) is 5.25. The van der Waals surface area contributed by atoms with Crippen LogP contribution in [0, 0.1) is 5.92 Å². The van der Waals surface area contributed by atoms with Crippen molar-refractivity contribution in [3.05, 3.63) is 35.9 Å². The van der Waals surface area contributed by atoms with Crippen LogP contribution < -0.4 is 0 Å². The molecule has 2 saturated heterocycles. The van der Waals surface area contributed by atoms with Crippen LogP contribution in [0.15, 0.2) is 30.3 Å². The molecular weight excluding hydrogens is 410 g/mol. The van der Waals surface area contributed by atoms with Crippen LogP contribution in [0.4, 0.5) is 4.79 Å². The number of piperidine rings is 1. The highest BCUT2D eigenvalue weighted by Gasteiger charge is 2.69. The van der Waals surface area contributed by atoms with E-state index in [1.807, 2.05) is 71.9 Å². The summed E-state index contributed by atoms with van der Waals surface area (Å²) in [7, 11) is 1.61. The Morgan fingerprint density at radius 1 is 1.16 bits per heavy atom. The number of carbonyl (C=O) groups excluding carboxylic acids is 1. The first-order valence-electron chi connectivity index (χ1n) is 11.5. The minimum absolute atomic E-state index is 0.348. The van der Waals surface area contributed by atoms with E-state index in [4.69, 9.17) is 18.9 Å². The average Bonchev–Trinajstić information content (AvgIpc) is 3.48. The summed E-state index contributed by atoms with van der Waals surface area (Å²) in [6.07, 6.45) is -0.511. The number of likely N-dealkylation sites (tertiary alicyclic amines) is 1. The third kappa shape index (κ3) is 3.83. The Kier molecular flexibility index (Phi) is 5.64. The summed E-state index contributed by atoms with van der Waals surface area (Å²) >= 11 is 0. The fourth-order valence-electron chi connectivity index (χ4n) is 5.25. The lowest BCUT2D eigenvalue weighted by Crippen LogP contribution is -2.72. The molecule has 4 rings (SSSR count). The molecule has 3 aliphatic rings. The Labute approximate surface area is 191 Å². The molecule has 0 bridgehead atoms. The van der Waals surface area contributed by atoms with Crippen LogP contribution in [0.2, 0.25) is 0 Å². The third-order valence-corrected chi connectivity index (χ3v) is 7.39. The maximum absolute atomic E-state index is 13.3. The van der Waals surface area contributed by atoms with E-state index < -0.39 is 40.8 Å². The number of ether oxygens (including phenoxy) is 4. The smallest absolute Gasteiger partial charge is 0.410 e. The van der Waals surface area contributed by atoms with Crippen molar-refractivity contribution in [3.63, 3.8) is 0 Å². The highest BCUT2D eigenvalue weighted by molar-refractivity contribution is 5.70. The molecule has 32 heavy (non-hydrogen) atoms.